The summed E-state index contributed by atoms with van der Waals surface area (Å²) >= 11 is -2.57. The summed E-state index contributed by atoms with van der Waals surface area (Å²) in [6.45, 7) is 1.48. The van der Waals surface area contributed by atoms with Crippen LogP contribution < -0.4 is 8.92 Å². The van der Waals surface area contributed by atoms with Crippen molar-refractivity contribution in [2.75, 3.05) is 6.61 Å². The Labute approximate surface area is 109 Å². The van der Waals surface area contributed by atoms with Crippen LogP contribution in [0.1, 0.15) is 11.1 Å². The van der Waals surface area contributed by atoms with Gasteiger partial charge < -0.3 is 0 Å². The second-order valence-corrected chi connectivity index (χ2v) is 9.50. The Morgan fingerprint density at radius 1 is 0.778 bits per heavy atom. The van der Waals surface area contributed by atoms with Gasteiger partial charge in [-0.2, -0.15) is 0 Å². The van der Waals surface area contributed by atoms with Crippen LogP contribution in [0.2, 0.25) is 0 Å². The molecule has 18 heavy (non-hydrogen) atoms. The third kappa shape index (κ3) is 1.36. The van der Waals surface area contributed by atoms with E-state index in [2.05, 4.69) is 48.5 Å². The van der Waals surface area contributed by atoms with Crippen LogP contribution in [-0.2, 0) is 20.7 Å². The molecule has 2 nitrogen and oxygen atoms in total. The summed E-state index contributed by atoms with van der Waals surface area (Å²) in [5.74, 6) is 0. The average Bonchev–Trinajstić information content (AvgIpc) is 2.80. The Morgan fingerprint density at radius 2 is 1.44 bits per heavy atom. The zero-order chi connectivity index (χ0) is 12.0. The zero-order valence-corrected chi connectivity index (χ0v) is 11.7. The molecule has 3 heteroatoms. The van der Waals surface area contributed by atoms with E-state index in [9.17, 15) is 0 Å². The molecule has 0 radical (unpaired) electrons. The van der Waals surface area contributed by atoms with E-state index in [1.165, 1.54) is 20.1 Å². The molecule has 0 aromatic heterocycles. The average molecular weight is 305 g/mol. The third-order valence-corrected chi connectivity index (χ3v) is 9.62. The van der Waals surface area contributed by atoms with Crippen molar-refractivity contribution in [1.29, 1.82) is 0 Å². The van der Waals surface area contributed by atoms with Crippen LogP contribution >= 0.6 is 0 Å². The first-order valence-corrected chi connectivity index (χ1v) is 9.29. The van der Waals surface area contributed by atoms with Crippen molar-refractivity contribution in [3.8, 4) is 0 Å². The van der Waals surface area contributed by atoms with Gasteiger partial charge in [-0.1, -0.05) is 0 Å². The van der Waals surface area contributed by atoms with Gasteiger partial charge in [-0.05, 0) is 0 Å². The van der Waals surface area contributed by atoms with Crippen LogP contribution in [0, 0.1) is 0 Å². The predicted octanol–water partition coefficient (Wildman–Crippen LogP) is 1.35. The minimum absolute atomic E-state index is 0.699. The van der Waals surface area contributed by atoms with Gasteiger partial charge in [0, 0.05) is 0 Å². The van der Waals surface area contributed by atoms with Crippen molar-refractivity contribution < 1.29 is 7.64 Å². The van der Waals surface area contributed by atoms with Crippen molar-refractivity contribution in [2.24, 2.45) is 0 Å². The second kappa shape index (κ2) is 3.94. The van der Waals surface area contributed by atoms with Gasteiger partial charge in [0.25, 0.3) is 0 Å². The number of fused-ring (bicyclic) bond motifs is 4. The summed E-state index contributed by atoms with van der Waals surface area (Å²) in [6, 6.07) is 17.1. The third-order valence-electron chi connectivity index (χ3n) is 3.53. The Balaban J connectivity index is 1.97. The van der Waals surface area contributed by atoms with Crippen molar-refractivity contribution in [1.82, 2.24) is 0 Å². The molecule has 2 aromatic rings. The quantitative estimate of drug-likeness (QED) is 0.684. The Kier molecular flexibility index (Phi) is 2.36. The van der Waals surface area contributed by atoms with E-state index in [1.54, 1.807) is 0 Å². The summed E-state index contributed by atoms with van der Waals surface area (Å²) < 4.78 is 15.1. The van der Waals surface area contributed by atoms with Gasteiger partial charge >= 0.3 is 109 Å². The minimum atomic E-state index is -2.57. The number of benzene rings is 2. The molecule has 2 aliphatic heterocycles. The SMILES string of the molecule is c1ccc2c(c1)CCO[Se]21OCc2ccccc21. The molecule has 2 aromatic carbocycles. The normalized spacial score (nSPS) is 28.4. The van der Waals surface area contributed by atoms with Crippen LogP contribution in [0.25, 0.3) is 0 Å². The van der Waals surface area contributed by atoms with Gasteiger partial charge in [-0.15, -0.1) is 0 Å². The monoisotopic (exact) mass is 306 g/mol. The molecule has 2 heterocycles. The van der Waals surface area contributed by atoms with E-state index in [1.807, 2.05) is 0 Å². The van der Waals surface area contributed by atoms with Gasteiger partial charge in [0.15, 0.2) is 0 Å². The Morgan fingerprint density at radius 3 is 2.28 bits per heavy atom. The zero-order valence-electron chi connectivity index (χ0n) is 9.96. The Bertz CT molecular complexity index is 611. The molecule has 0 amide bonds. The van der Waals surface area contributed by atoms with Crippen molar-refractivity contribution in [2.45, 2.75) is 13.0 Å². The summed E-state index contributed by atoms with van der Waals surface area (Å²) in [5.41, 5.74) is 2.70. The first-order chi connectivity index (χ1) is 8.90. The molecular formula is C15H14O2Se. The van der Waals surface area contributed by atoms with Gasteiger partial charge in [-0.25, -0.2) is 0 Å². The fourth-order valence-electron chi connectivity index (χ4n) is 2.68. The molecule has 0 saturated heterocycles. The summed E-state index contributed by atoms with van der Waals surface area (Å²) in [6.07, 6.45) is 1.00. The first kappa shape index (κ1) is 10.8. The molecule has 0 aliphatic carbocycles. The Hall–Kier alpha value is -1.12. The van der Waals surface area contributed by atoms with Crippen molar-refractivity contribution in [3.63, 3.8) is 0 Å². The number of hydrogen-bond acceptors (Lipinski definition) is 2. The second-order valence-electron chi connectivity index (χ2n) is 4.55. The van der Waals surface area contributed by atoms with Gasteiger partial charge in [0.1, 0.15) is 0 Å². The molecule has 1 unspecified atom stereocenters. The maximum absolute atomic E-state index is 6.21. The molecule has 0 N–H and O–H groups in total. The van der Waals surface area contributed by atoms with Crippen LogP contribution in [-0.4, -0.2) is 20.1 Å². The molecule has 0 bridgehead atoms. The molecule has 0 saturated carbocycles. The fourth-order valence-corrected chi connectivity index (χ4v) is 8.82. The first-order valence-electron chi connectivity index (χ1n) is 6.18. The summed E-state index contributed by atoms with van der Waals surface area (Å²) in [5, 5.41) is 0. The maximum atomic E-state index is 6.21. The van der Waals surface area contributed by atoms with Crippen LogP contribution in [0.15, 0.2) is 48.5 Å². The van der Waals surface area contributed by atoms with Crippen LogP contribution in [0.4, 0.5) is 0 Å². The van der Waals surface area contributed by atoms with E-state index >= 15 is 0 Å². The van der Waals surface area contributed by atoms with E-state index in [4.69, 9.17) is 7.64 Å². The summed E-state index contributed by atoms with van der Waals surface area (Å²) in [7, 11) is 0. The number of rotatable bonds is 0. The molecule has 92 valence electrons. The van der Waals surface area contributed by atoms with Crippen molar-refractivity contribution in [3.05, 3.63) is 59.7 Å². The predicted molar refractivity (Wildman–Crippen MR) is 72.4 cm³/mol. The van der Waals surface area contributed by atoms with E-state index in [0.717, 1.165) is 13.0 Å². The molecule has 1 atom stereocenters. The molecule has 2 aliphatic rings. The summed E-state index contributed by atoms with van der Waals surface area (Å²) in [4.78, 5) is 0. The van der Waals surface area contributed by atoms with E-state index in [-0.39, 0.29) is 0 Å². The molecular weight excluding hydrogens is 291 g/mol. The molecule has 0 fully saturated rings. The van der Waals surface area contributed by atoms with Gasteiger partial charge in [0.2, 0.25) is 0 Å². The van der Waals surface area contributed by atoms with E-state index < -0.39 is 13.5 Å². The van der Waals surface area contributed by atoms with Gasteiger partial charge in [0.05, 0.1) is 0 Å². The molecule has 1 spiro atoms. The van der Waals surface area contributed by atoms with Crippen LogP contribution in [0.5, 0.6) is 0 Å². The van der Waals surface area contributed by atoms with Crippen LogP contribution in [0.3, 0.4) is 0 Å². The van der Waals surface area contributed by atoms with Crippen molar-refractivity contribution >= 4 is 22.4 Å². The van der Waals surface area contributed by atoms with Gasteiger partial charge in [-0.3, -0.25) is 0 Å². The fraction of sp³-hybridized carbons (Fsp3) is 0.200. The molecule has 4 rings (SSSR count). The standard InChI is InChI=1S/C15H14O2Se/c1-3-7-14-12(5-1)9-10-16-18(14)15-8-4-2-6-13(15)11-17-18/h1-8H,9-11H2. The van der Waals surface area contributed by atoms with E-state index in [0.29, 0.717) is 6.61 Å². The topological polar surface area (TPSA) is 18.5 Å². The number of hydrogen-bond donors (Lipinski definition) is 0.